The molecule has 4 nitrogen and oxygen atoms in total. The quantitative estimate of drug-likeness (QED) is 0.159. The maximum Gasteiger partial charge on any atom is 0.143 e. The number of allylic oxidation sites excluding steroid dienone is 3. The molecule has 0 saturated heterocycles. The summed E-state index contributed by atoms with van der Waals surface area (Å²) in [5, 5.41) is 2.25. The Morgan fingerprint density at radius 3 is 1.81 bits per heavy atom. The molecule has 1 aliphatic rings. The fraction of sp³-hybridized carbons (Fsp3) is 0.0204. The predicted molar refractivity (Wildman–Crippen MR) is 223 cm³/mol. The van der Waals surface area contributed by atoms with E-state index in [-0.39, 0.29) is 0 Å². The lowest BCUT2D eigenvalue weighted by Gasteiger charge is -2.41. The number of rotatable bonds is 8. The summed E-state index contributed by atoms with van der Waals surface area (Å²) in [4.78, 5) is 6.97. The highest BCUT2D eigenvalue weighted by Crippen LogP contribution is 2.50. The summed E-state index contributed by atoms with van der Waals surface area (Å²) in [5.74, 6) is 0. The lowest BCUT2D eigenvalue weighted by Crippen LogP contribution is -2.30. The maximum absolute atomic E-state index is 6.41. The van der Waals surface area contributed by atoms with Crippen LogP contribution in [0.25, 0.3) is 33.1 Å². The van der Waals surface area contributed by atoms with Gasteiger partial charge < -0.3 is 19.1 Å². The molecule has 0 N–H and O–H groups in total. The van der Waals surface area contributed by atoms with Crippen molar-refractivity contribution in [2.45, 2.75) is 6.92 Å². The lowest BCUT2D eigenvalue weighted by molar-refractivity contribution is 0.670. The van der Waals surface area contributed by atoms with Crippen LogP contribution in [0.4, 0.5) is 39.8 Å². The molecule has 7 aromatic carbocycles. The lowest BCUT2D eigenvalue weighted by atomic mass is 10.0. The van der Waals surface area contributed by atoms with Gasteiger partial charge in [0.25, 0.3) is 0 Å². The Balaban J connectivity index is 1.22. The highest BCUT2D eigenvalue weighted by Gasteiger charge is 2.31. The fourth-order valence-corrected chi connectivity index (χ4v) is 7.52. The number of fused-ring (bicyclic) bond motifs is 4. The van der Waals surface area contributed by atoms with Crippen molar-refractivity contribution in [3.8, 4) is 11.1 Å². The first-order chi connectivity index (χ1) is 26.2. The number of anilines is 7. The molecular weight excluding hydrogens is 647 g/mol. The van der Waals surface area contributed by atoms with Gasteiger partial charge in [0, 0.05) is 44.8 Å². The first-order valence-electron chi connectivity index (χ1n) is 17.9. The van der Waals surface area contributed by atoms with Crippen molar-refractivity contribution in [2.24, 2.45) is 0 Å². The zero-order valence-electron chi connectivity index (χ0n) is 29.4. The van der Waals surface area contributed by atoms with Crippen molar-refractivity contribution in [3.05, 3.63) is 212 Å². The van der Waals surface area contributed by atoms with Crippen molar-refractivity contribution in [2.75, 3.05) is 14.7 Å². The molecular formula is C49H37N3O. The highest BCUT2D eigenvalue weighted by molar-refractivity contribution is 6.09. The molecule has 53 heavy (non-hydrogen) atoms. The second-order valence-corrected chi connectivity index (χ2v) is 13.0. The van der Waals surface area contributed by atoms with Crippen LogP contribution >= 0.6 is 0 Å². The fourth-order valence-electron chi connectivity index (χ4n) is 7.52. The Morgan fingerprint density at radius 2 is 1.13 bits per heavy atom. The molecule has 9 rings (SSSR count). The number of hydrogen-bond acceptors (Lipinski definition) is 4. The van der Waals surface area contributed by atoms with Crippen molar-refractivity contribution < 1.29 is 4.42 Å². The molecule has 4 heteroatoms. The third kappa shape index (κ3) is 5.58. The molecule has 0 spiro atoms. The summed E-state index contributed by atoms with van der Waals surface area (Å²) < 4.78 is 6.41. The average molecular weight is 684 g/mol. The summed E-state index contributed by atoms with van der Waals surface area (Å²) in [6.07, 6.45) is 6.23. The molecule has 0 unspecified atom stereocenters. The largest absolute Gasteiger partial charge is 0.455 e. The van der Waals surface area contributed by atoms with E-state index in [1.54, 1.807) is 0 Å². The topological polar surface area (TPSA) is 22.9 Å². The molecule has 254 valence electrons. The van der Waals surface area contributed by atoms with Gasteiger partial charge in [-0.3, -0.25) is 0 Å². The van der Waals surface area contributed by atoms with Crippen LogP contribution in [0.3, 0.4) is 0 Å². The molecule has 0 fully saturated rings. The maximum atomic E-state index is 6.41. The molecule has 0 radical (unpaired) electrons. The van der Waals surface area contributed by atoms with Gasteiger partial charge in [0.2, 0.25) is 0 Å². The molecule has 0 bridgehead atoms. The van der Waals surface area contributed by atoms with E-state index in [9.17, 15) is 0 Å². The van der Waals surface area contributed by atoms with Gasteiger partial charge in [0.15, 0.2) is 0 Å². The van der Waals surface area contributed by atoms with E-state index in [1.165, 1.54) is 0 Å². The highest BCUT2D eigenvalue weighted by atomic mass is 16.3. The second kappa shape index (κ2) is 13.6. The van der Waals surface area contributed by atoms with Gasteiger partial charge >= 0.3 is 0 Å². The second-order valence-electron chi connectivity index (χ2n) is 13.0. The number of para-hydroxylation sites is 5. The standard InChI is InChI=1S/C49H37N3O/c1-3-17-45-44(4-2)51(38-22-12-7-13-23-38)47-34-40(50(36-18-8-5-9-19-36)37-20-10-6-11-21-37)32-33-46(47)52(45)39-30-28-35(29-31-39)41-25-16-26-43-42-24-14-15-27-48(42)53-49(41)43/h3-34H,2H2,1H3/b17-3-. The van der Waals surface area contributed by atoms with E-state index in [4.69, 9.17) is 4.42 Å². The monoisotopic (exact) mass is 683 g/mol. The number of hydrogen-bond donors (Lipinski definition) is 0. The SMILES string of the molecule is C=CC1=C(/C=C\C)N(c2ccc(-c3cccc4c3oc3ccccc34)cc2)c2ccc(N(c3ccccc3)c3ccccc3)cc2N1c1ccccc1. The van der Waals surface area contributed by atoms with Crippen LogP contribution in [0.15, 0.2) is 217 Å². The van der Waals surface area contributed by atoms with Crippen molar-refractivity contribution >= 4 is 61.8 Å². The van der Waals surface area contributed by atoms with E-state index in [2.05, 4.69) is 204 Å². The zero-order chi connectivity index (χ0) is 35.7. The van der Waals surface area contributed by atoms with Gasteiger partial charge in [-0.15, -0.1) is 0 Å². The Labute approximate surface area is 310 Å². The summed E-state index contributed by atoms with van der Waals surface area (Å²) in [6, 6.07) is 61.8. The Morgan fingerprint density at radius 1 is 0.528 bits per heavy atom. The molecule has 1 aliphatic heterocycles. The first kappa shape index (κ1) is 31.9. The molecule has 2 heterocycles. The summed E-state index contributed by atoms with van der Waals surface area (Å²) in [6.45, 7) is 6.43. The Kier molecular flexibility index (Phi) is 8.18. The van der Waals surface area contributed by atoms with E-state index < -0.39 is 0 Å². The van der Waals surface area contributed by atoms with Crippen molar-refractivity contribution in [3.63, 3.8) is 0 Å². The molecule has 0 atom stereocenters. The van der Waals surface area contributed by atoms with E-state index in [0.29, 0.717) is 0 Å². The van der Waals surface area contributed by atoms with Crippen LogP contribution < -0.4 is 14.7 Å². The van der Waals surface area contributed by atoms with Crippen molar-refractivity contribution in [1.82, 2.24) is 0 Å². The van der Waals surface area contributed by atoms with Crippen LogP contribution in [0.2, 0.25) is 0 Å². The molecule has 0 aliphatic carbocycles. The van der Waals surface area contributed by atoms with Gasteiger partial charge in [-0.05, 0) is 97.4 Å². The van der Waals surface area contributed by atoms with Crippen molar-refractivity contribution in [1.29, 1.82) is 0 Å². The first-order valence-corrected chi connectivity index (χ1v) is 17.9. The van der Waals surface area contributed by atoms with E-state index in [1.807, 2.05) is 18.2 Å². The predicted octanol–water partition coefficient (Wildman–Crippen LogP) is 14.0. The number of furan rings is 1. The van der Waals surface area contributed by atoms with Crippen LogP contribution in [0, 0.1) is 0 Å². The van der Waals surface area contributed by atoms with Gasteiger partial charge in [0.05, 0.1) is 22.8 Å². The van der Waals surface area contributed by atoms with Crippen LogP contribution in [-0.2, 0) is 0 Å². The third-order valence-electron chi connectivity index (χ3n) is 9.85. The smallest absolute Gasteiger partial charge is 0.143 e. The van der Waals surface area contributed by atoms with Gasteiger partial charge in [-0.25, -0.2) is 0 Å². The van der Waals surface area contributed by atoms with Gasteiger partial charge in [-0.1, -0.05) is 116 Å². The minimum absolute atomic E-state index is 0.898. The molecule has 8 aromatic rings. The summed E-state index contributed by atoms with van der Waals surface area (Å²) >= 11 is 0. The number of nitrogens with zero attached hydrogens (tertiary/aromatic N) is 3. The average Bonchev–Trinajstić information content (AvgIpc) is 3.61. The van der Waals surface area contributed by atoms with Crippen LogP contribution in [-0.4, -0.2) is 0 Å². The molecule has 0 amide bonds. The Hall–Kier alpha value is -7.04. The number of benzene rings is 7. The minimum Gasteiger partial charge on any atom is -0.455 e. The van der Waals surface area contributed by atoms with Crippen LogP contribution in [0.1, 0.15) is 6.92 Å². The normalized spacial score (nSPS) is 12.8. The zero-order valence-corrected chi connectivity index (χ0v) is 29.4. The summed E-state index contributed by atoms with van der Waals surface area (Å²) in [5.41, 5.74) is 13.4. The summed E-state index contributed by atoms with van der Waals surface area (Å²) in [7, 11) is 0. The minimum atomic E-state index is 0.898. The van der Waals surface area contributed by atoms with Crippen LogP contribution in [0.5, 0.6) is 0 Å². The molecule has 0 saturated carbocycles. The van der Waals surface area contributed by atoms with E-state index >= 15 is 0 Å². The Bertz CT molecular complexity index is 2600. The van der Waals surface area contributed by atoms with Gasteiger partial charge in [-0.2, -0.15) is 0 Å². The third-order valence-corrected chi connectivity index (χ3v) is 9.85. The molecule has 1 aromatic heterocycles. The van der Waals surface area contributed by atoms with Gasteiger partial charge in [0.1, 0.15) is 11.2 Å². The van der Waals surface area contributed by atoms with E-state index in [0.717, 1.165) is 84.3 Å².